The minimum absolute atomic E-state index is 0.00218. The molecule has 1 aromatic rings. The first kappa shape index (κ1) is 12.9. The summed E-state index contributed by atoms with van der Waals surface area (Å²) in [7, 11) is 1.61. The smallest absolute Gasteiger partial charge is 0.254 e. The van der Waals surface area contributed by atoms with Crippen LogP contribution < -0.4 is 5.73 Å². The first-order valence-electron chi connectivity index (χ1n) is 5.96. The van der Waals surface area contributed by atoms with Crippen molar-refractivity contribution < 1.29 is 14.3 Å². The first-order valence-corrected chi connectivity index (χ1v) is 5.96. The third kappa shape index (κ3) is 2.80. The number of methoxy groups -OCH3 is 1. The largest absolute Gasteiger partial charge is 0.399 e. The highest BCUT2D eigenvalue weighted by Crippen LogP contribution is 2.17. The van der Waals surface area contributed by atoms with Gasteiger partial charge in [0.25, 0.3) is 5.91 Å². The molecule has 1 aliphatic heterocycles. The Balaban J connectivity index is 2.24. The van der Waals surface area contributed by atoms with E-state index in [-0.39, 0.29) is 5.91 Å². The Kier molecular flexibility index (Phi) is 4.17. The number of amides is 1. The number of morpholine rings is 1. The van der Waals surface area contributed by atoms with Gasteiger partial charge in [0.2, 0.25) is 0 Å². The number of anilines is 1. The van der Waals surface area contributed by atoms with Gasteiger partial charge in [-0.1, -0.05) is 6.07 Å². The molecule has 5 heteroatoms. The van der Waals surface area contributed by atoms with Gasteiger partial charge < -0.3 is 20.1 Å². The molecule has 2 N–H and O–H groups in total. The van der Waals surface area contributed by atoms with Crippen LogP contribution in [0, 0.1) is 0 Å². The lowest BCUT2D eigenvalue weighted by Crippen LogP contribution is -2.41. The zero-order chi connectivity index (χ0) is 13.0. The second-order valence-electron chi connectivity index (χ2n) is 4.25. The Morgan fingerprint density at radius 3 is 2.83 bits per heavy atom. The molecule has 2 rings (SSSR count). The predicted octanol–water partition coefficient (Wildman–Crippen LogP) is 0.888. The van der Waals surface area contributed by atoms with Crippen molar-refractivity contribution in [2.75, 3.05) is 39.1 Å². The summed E-state index contributed by atoms with van der Waals surface area (Å²) in [5.74, 6) is -0.00218. The molecule has 0 aliphatic carbocycles. The van der Waals surface area contributed by atoms with Crippen LogP contribution in [0.4, 0.5) is 5.69 Å². The van der Waals surface area contributed by atoms with E-state index >= 15 is 0 Å². The maximum atomic E-state index is 12.4. The number of carbonyl (C=O) groups is 1. The number of hydrogen-bond donors (Lipinski definition) is 1. The molecule has 0 bridgehead atoms. The number of nitrogen functional groups attached to an aromatic ring is 1. The Morgan fingerprint density at radius 2 is 2.17 bits per heavy atom. The van der Waals surface area contributed by atoms with Gasteiger partial charge in [0.15, 0.2) is 0 Å². The van der Waals surface area contributed by atoms with E-state index in [9.17, 15) is 4.79 Å². The molecule has 0 spiro atoms. The van der Waals surface area contributed by atoms with Crippen molar-refractivity contribution in [3.63, 3.8) is 0 Å². The summed E-state index contributed by atoms with van der Waals surface area (Å²) >= 11 is 0. The van der Waals surface area contributed by atoms with Gasteiger partial charge in [0.1, 0.15) is 0 Å². The Hall–Kier alpha value is -1.59. The first-order chi connectivity index (χ1) is 8.72. The monoisotopic (exact) mass is 250 g/mol. The van der Waals surface area contributed by atoms with Crippen LogP contribution in [0.1, 0.15) is 15.9 Å². The van der Waals surface area contributed by atoms with Crippen LogP contribution in [0.25, 0.3) is 0 Å². The zero-order valence-corrected chi connectivity index (χ0v) is 10.5. The average Bonchev–Trinajstić information content (AvgIpc) is 2.41. The summed E-state index contributed by atoms with van der Waals surface area (Å²) in [5, 5.41) is 0. The quantitative estimate of drug-likeness (QED) is 0.809. The standard InChI is InChI=1S/C13H18N2O3/c1-17-9-10-2-3-11(14)8-12(10)13(16)15-4-6-18-7-5-15/h2-3,8H,4-7,9,14H2,1H3. The lowest BCUT2D eigenvalue weighted by molar-refractivity contribution is 0.0300. The van der Waals surface area contributed by atoms with Crippen molar-refractivity contribution in [1.82, 2.24) is 4.90 Å². The number of rotatable bonds is 3. The van der Waals surface area contributed by atoms with Crippen LogP contribution in [0.2, 0.25) is 0 Å². The molecule has 0 aromatic heterocycles. The summed E-state index contributed by atoms with van der Waals surface area (Å²) in [6.07, 6.45) is 0. The molecule has 1 amide bonds. The van der Waals surface area contributed by atoms with Crippen LogP contribution in [0.5, 0.6) is 0 Å². The van der Waals surface area contributed by atoms with Crippen molar-refractivity contribution >= 4 is 11.6 Å². The van der Waals surface area contributed by atoms with E-state index in [1.807, 2.05) is 6.07 Å². The fourth-order valence-corrected chi connectivity index (χ4v) is 2.01. The SMILES string of the molecule is COCc1ccc(N)cc1C(=O)N1CCOCC1. The molecule has 0 atom stereocenters. The minimum Gasteiger partial charge on any atom is -0.399 e. The van der Waals surface area contributed by atoms with E-state index in [1.165, 1.54) is 0 Å². The molecule has 1 heterocycles. The number of benzene rings is 1. The van der Waals surface area contributed by atoms with E-state index in [2.05, 4.69) is 0 Å². The van der Waals surface area contributed by atoms with E-state index in [1.54, 1.807) is 24.1 Å². The van der Waals surface area contributed by atoms with Crippen LogP contribution in [0.3, 0.4) is 0 Å². The van der Waals surface area contributed by atoms with Crippen LogP contribution >= 0.6 is 0 Å². The molecular weight excluding hydrogens is 232 g/mol. The van der Waals surface area contributed by atoms with Gasteiger partial charge in [-0.2, -0.15) is 0 Å². The number of nitrogens with two attached hydrogens (primary N) is 1. The number of carbonyl (C=O) groups excluding carboxylic acids is 1. The van der Waals surface area contributed by atoms with Crippen LogP contribution in [-0.4, -0.2) is 44.2 Å². The summed E-state index contributed by atoms with van der Waals surface area (Å²) in [6.45, 7) is 2.84. The summed E-state index contributed by atoms with van der Waals surface area (Å²) in [4.78, 5) is 14.2. The molecule has 1 aromatic carbocycles. The normalized spacial score (nSPS) is 15.7. The van der Waals surface area contributed by atoms with Gasteiger partial charge in [-0.25, -0.2) is 0 Å². The third-order valence-electron chi connectivity index (χ3n) is 2.96. The van der Waals surface area contributed by atoms with Gasteiger partial charge in [-0.05, 0) is 17.7 Å². The van der Waals surface area contributed by atoms with Crippen molar-refractivity contribution in [2.45, 2.75) is 6.61 Å². The maximum absolute atomic E-state index is 12.4. The molecular formula is C13H18N2O3. The van der Waals surface area contributed by atoms with Crippen molar-refractivity contribution in [3.05, 3.63) is 29.3 Å². The van der Waals surface area contributed by atoms with Gasteiger partial charge >= 0.3 is 0 Å². The Labute approximate surface area is 106 Å². The fraction of sp³-hybridized carbons (Fsp3) is 0.462. The van der Waals surface area contributed by atoms with Gasteiger partial charge in [-0.3, -0.25) is 4.79 Å². The van der Waals surface area contributed by atoms with E-state index in [4.69, 9.17) is 15.2 Å². The van der Waals surface area contributed by atoms with E-state index in [0.717, 1.165) is 5.56 Å². The van der Waals surface area contributed by atoms with Gasteiger partial charge in [0.05, 0.1) is 19.8 Å². The second kappa shape index (κ2) is 5.84. The molecule has 5 nitrogen and oxygen atoms in total. The molecule has 1 fully saturated rings. The zero-order valence-electron chi connectivity index (χ0n) is 10.5. The summed E-state index contributed by atoms with van der Waals surface area (Å²) in [6, 6.07) is 5.34. The van der Waals surface area contributed by atoms with Crippen molar-refractivity contribution in [3.8, 4) is 0 Å². The third-order valence-corrected chi connectivity index (χ3v) is 2.96. The number of nitrogens with zero attached hydrogens (tertiary/aromatic N) is 1. The molecule has 0 unspecified atom stereocenters. The van der Waals surface area contributed by atoms with E-state index in [0.29, 0.717) is 44.2 Å². The fourth-order valence-electron chi connectivity index (χ4n) is 2.01. The number of hydrogen-bond acceptors (Lipinski definition) is 4. The second-order valence-corrected chi connectivity index (χ2v) is 4.25. The lowest BCUT2D eigenvalue weighted by atomic mass is 10.1. The average molecular weight is 250 g/mol. The molecule has 1 saturated heterocycles. The van der Waals surface area contributed by atoms with Crippen molar-refractivity contribution in [2.24, 2.45) is 0 Å². The Bertz CT molecular complexity index is 428. The number of ether oxygens (including phenoxy) is 2. The minimum atomic E-state index is -0.00218. The highest BCUT2D eigenvalue weighted by atomic mass is 16.5. The van der Waals surface area contributed by atoms with Gasteiger partial charge in [0, 0.05) is 31.5 Å². The highest BCUT2D eigenvalue weighted by molar-refractivity contribution is 5.96. The molecule has 1 aliphatic rings. The topological polar surface area (TPSA) is 64.8 Å². The summed E-state index contributed by atoms with van der Waals surface area (Å²) < 4.78 is 10.4. The lowest BCUT2D eigenvalue weighted by Gasteiger charge is -2.27. The molecule has 98 valence electrons. The molecule has 0 radical (unpaired) electrons. The van der Waals surface area contributed by atoms with Crippen molar-refractivity contribution in [1.29, 1.82) is 0 Å². The molecule has 0 saturated carbocycles. The van der Waals surface area contributed by atoms with Crippen LogP contribution in [0.15, 0.2) is 18.2 Å². The molecule has 18 heavy (non-hydrogen) atoms. The highest BCUT2D eigenvalue weighted by Gasteiger charge is 2.21. The van der Waals surface area contributed by atoms with Crippen LogP contribution in [-0.2, 0) is 16.1 Å². The Morgan fingerprint density at radius 1 is 1.44 bits per heavy atom. The predicted molar refractivity (Wildman–Crippen MR) is 68.3 cm³/mol. The maximum Gasteiger partial charge on any atom is 0.254 e. The van der Waals surface area contributed by atoms with Gasteiger partial charge in [-0.15, -0.1) is 0 Å². The summed E-state index contributed by atoms with van der Waals surface area (Å²) in [5.41, 5.74) is 7.83. The van der Waals surface area contributed by atoms with E-state index < -0.39 is 0 Å².